The molecule has 0 aliphatic carbocycles. The van der Waals surface area contributed by atoms with Gasteiger partial charge in [-0.3, -0.25) is 10.1 Å². The molecule has 2 atom stereocenters. The van der Waals surface area contributed by atoms with Crippen LogP contribution in [0.1, 0.15) is 56.8 Å². The number of hydrogen-bond donors (Lipinski definition) is 3. The molecule has 1 aromatic heterocycles. The number of nitrogen functional groups attached to an aromatic ring is 1. The van der Waals surface area contributed by atoms with Crippen LogP contribution in [-0.4, -0.2) is 10.9 Å². The monoisotopic (exact) mass is 410 g/mol. The zero-order valence-electron chi connectivity index (χ0n) is 18.0. The Morgan fingerprint density at radius 3 is 2.68 bits per heavy atom. The van der Waals surface area contributed by atoms with E-state index in [1.807, 2.05) is 38.1 Å². The van der Waals surface area contributed by atoms with Gasteiger partial charge in [-0.05, 0) is 72.4 Å². The van der Waals surface area contributed by atoms with Crippen LogP contribution in [0.25, 0.3) is 5.57 Å². The fourth-order valence-corrected chi connectivity index (χ4v) is 4.98. The molecule has 1 amide bonds. The first-order valence-corrected chi connectivity index (χ1v) is 10.6. The van der Waals surface area contributed by atoms with Crippen LogP contribution in [-0.2, 0) is 12.1 Å². The summed E-state index contributed by atoms with van der Waals surface area (Å²) in [6.07, 6.45) is 2.30. The molecule has 2 bridgehead atoms. The van der Waals surface area contributed by atoms with Gasteiger partial charge in [0.25, 0.3) is 5.91 Å². The van der Waals surface area contributed by atoms with Crippen molar-refractivity contribution in [3.63, 3.8) is 0 Å². The van der Waals surface area contributed by atoms with Gasteiger partial charge in [-0.15, -0.1) is 0 Å². The molecule has 2 unspecified atom stereocenters. The third-order valence-corrected chi connectivity index (χ3v) is 6.59. The second kappa shape index (κ2) is 7.06. The number of nitrogens with two attached hydrogens (primary N) is 1. The van der Waals surface area contributed by atoms with Gasteiger partial charge in [-0.2, -0.15) is 0 Å². The Balaban J connectivity index is 1.40. The fraction of sp³-hybridized carbons (Fsp3) is 0.231. The number of carbonyl (C=O) groups is 1. The number of benzene rings is 2. The minimum absolute atomic E-state index is 0.0879. The van der Waals surface area contributed by atoms with Crippen LogP contribution in [0.2, 0.25) is 0 Å². The highest BCUT2D eigenvalue weighted by atomic mass is 16.1. The van der Waals surface area contributed by atoms with Crippen molar-refractivity contribution < 1.29 is 4.79 Å². The number of nitrogens with one attached hydrogen (secondary N) is 2. The highest BCUT2D eigenvalue weighted by Crippen LogP contribution is 2.52. The molecule has 3 aromatic rings. The van der Waals surface area contributed by atoms with Gasteiger partial charge in [-0.25, -0.2) is 4.98 Å². The average Bonchev–Trinajstić information content (AvgIpc) is 3.24. The molecule has 2 aromatic carbocycles. The van der Waals surface area contributed by atoms with Gasteiger partial charge in [0, 0.05) is 17.8 Å². The Kier molecular flexibility index (Phi) is 4.45. The summed E-state index contributed by atoms with van der Waals surface area (Å²) in [5.41, 5.74) is 14.0. The molecule has 0 fully saturated rings. The van der Waals surface area contributed by atoms with Gasteiger partial charge in [0.05, 0.1) is 11.6 Å². The Morgan fingerprint density at radius 1 is 1.16 bits per heavy atom. The number of fused-ring (bicyclic) bond motifs is 5. The summed E-state index contributed by atoms with van der Waals surface area (Å²) in [6.45, 7) is 6.53. The summed E-state index contributed by atoms with van der Waals surface area (Å²) < 4.78 is 0. The van der Waals surface area contributed by atoms with Crippen LogP contribution in [0.3, 0.4) is 0 Å². The molecule has 0 radical (unpaired) electrons. The van der Waals surface area contributed by atoms with Crippen molar-refractivity contribution in [2.45, 2.75) is 38.9 Å². The van der Waals surface area contributed by atoms with E-state index in [9.17, 15) is 4.79 Å². The molecule has 2 aliphatic rings. The summed E-state index contributed by atoms with van der Waals surface area (Å²) in [4.78, 5) is 17.3. The van der Waals surface area contributed by atoms with Crippen molar-refractivity contribution in [1.82, 2.24) is 15.6 Å². The van der Waals surface area contributed by atoms with Crippen molar-refractivity contribution in [3.8, 4) is 0 Å². The predicted octanol–water partition coefficient (Wildman–Crippen LogP) is 4.17. The van der Waals surface area contributed by atoms with Crippen LogP contribution in [0.15, 0.2) is 60.7 Å². The Labute approximate surface area is 182 Å². The lowest BCUT2D eigenvalue weighted by Gasteiger charge is -2.28. The van der Waals surface area contributed by atoms with Crippen LogP contribution >= 0.6 is 0 Å². The van der Waals surface area contributed by atoms with E-state index in [0.717, 1.165) is 16.8 Å². The van der Waals surface area contributed by atoms with E-state index >= 15 is 0 Å². The van der Waals surface area contributed by atoms with E-state index < -0.39 is 0 Å². The average molecular weight is 411 g/mol. The molecule has 5 nitrogen and oxygen atoms in total. The number of nitrogens with zero attached hydrogens (tertiary/aromatic N) is 1. The van der Waals surface area contributed by atoms with E-state index in [1.54, 1.807) is 0 Å². The van der Waals surface area contributed by atoms with E-state index in [2.05, 4.69) is 58.9 Å². The first-order valence-electron chi connectivity index (χ1n) is 10.6. The summed E-state index contributed by atoms with van der Waals surface area (Å²) in [7, 11) is 0. The fourth-order valence-electron chi connectivity index (χ4n) is 4.98. The van der Waals surface area contributed by atoms with Gasteiger partial charge in [0.15, 0.2) is 0 Å². The first kappa shape index (κ1) is 19.5. The molecule has 0 saturated heterocycles. The molecule has 2 aliphatic heterocycles. The maximum Gasteiger partial charge on any atom is 0.251 e. The largest absolute Gasteiger partial charge is 0.384 e. The number of amides is 1. The lowest BCUT2D eigenvalue weighted by molar-refractivity contribution is 0.0950. The first-order chi connectivity index (χ1) is 14.9. The van der Waals surface area contributed by atoms with Gasteiger partial charge in [-0.1, -0.05) is 42.5 Å². The molecule has 156 valence electrons. The number of aromatic nitrogens is 1. The highest BCUT2D eigenvalue weighted by molar-refractivity contribution is 5.95. The van der Waals surface area contributed by atoms with E-state index in [0.29, 0.717) is 17.9 Å². The van der Waals surface area contributed by atoms with E-state index in [-0.39, 0.29) is 17.5 Å². The third-order valence-electron chi connectivity index (χ3n) is 6.59. The molecular formula is C26H26N4O. The van der Waals surface area contributed by atoms with E-state index in [4.69, 9.17) is 5.73 Å². The van der Waals surface area contributed by atoms with Crippen molar-refractivity contribution in [1.29, 1.82) is 0 Å². The normalized spacial score (nSPS) is 21.0. The molecule has 4 N–H and O–H groups in total. The van der Waals surface area contributed by atoms with Crippen molar-refractivity contribution in [2.75, 3.05) is 5.73 Å². The van der Waals surface area contributed by atoms with Crippen LogP contribution in [0.4, 0.5) is 5.82 Å². The molecule has 3 heterocycles. The van der Waals surface area contributed by atoms with Crippen LogP contribution < -0.4 is 16.4 Å². The Morgan fingerprint density at radius 2 is 1.94 bits per heavy atom. The van der Waals surface area contributed by atoms with Gasteiger partial charge in [0.1, 0.15) is 5.82 Å². The standard InChI is InChI=1S/C26H26N4O/c1-15-11-24(27)29-16(2)20(15)14-28-25(31)18-9-10-19-22(12-18)26(3)21(13-23(19)30-26)17-7-5-4-6-8-17/h4-13,23,30H,14H2,1-3H3,(H2,27,29)(H,28,31). The highest BCUT2D eigenvalue weighted by Gasteiger charge is 2.47. The number of carbonyl (C=O) groups excluding carboxylic acids is 1. The van der Waals surface area contributed by atoms with Gasteiger partial charge >= 0.3 is 0 Å². The third kappa shape index (κ3) is 3.13. The van der Waals surface area contributed by atoms with Crippen LogP contribution in [0.5, 0.6) is 0 Å². The number of aryl methyl sites for hydroxylation is 2. The lowest BCUT2D eigenvalue weighted by atomic mass is 9.78. The molecule has 31 heavy (non-hydrogen) atoms. The number of rotatable bonds is 4. The Bertz CT molecular complexity index is 1210. The Hall–Kier alpha value is -3.44. The molecular weight excluding hydrogens is 384 g/mol. The summed E-state index contributed by atoms with van der Waals surface area (Å²) in [5, 5.41) is 6.77. The summed E-state index contributed by atoms with van der Waals surface area (Å²) in [6, 6.07) is 18.5. The number of anilines is 1. The zero-order valence-corrected chi connectivity index (χ0v) is 18.0. The van der Waals surface area contributed by atoms with Crippen molar-refractivity contribution in [2.24, 2.45) is 0 Å². The second-order valence-corrected chi connectivity index (χ2v) is 8.61. The van der Waals surface area contributed by atoms with Crippen LogP contribution in [0, 0.1) is 13.8 Å². The zero-order chi connectivity index (χ0) is 21.8. The predicted molar refractivity (Wildman–Crippen MR) is 123 cm³/mol. The maximum absolute atomic E-state index is 13.0. The molecule has 0 spiro atoms. The van der Waals surface area contributed by atoms with Gasteiger partial charge in [0.2, 0.25) is 0 Å². The summed E-state index contributed by atoms with van der Waals surface area (Å²) >= 11 is 0. The topological polar surface area (TPSA) is 80.0 Å². The smallest absolute Gasteiger partial charge is 0.251 e. The maximum atomic E-state index is 13.0. The molecule has 5 rings (SSSR count). The SMILES string of the molecule is Cc1cc(N)nc(C)c1CNC(=O)c1ccc2c(c1)C1(C)NC2C=C1c1ccccc1. The molecule has 0 saturated carbocycles. The minimum Gasteiger partial charge on any atom is -0.384 e. The summed E-state index contributed by atoms with van der Waals surface area (Å²) in [5.74, 6) is 0.414. The van der Waals surface area contributed by atoms with E-state index in [1.165, 1.54) is 22.3 Å². The van der Waals surface area contributed by atoms with Gasteiger partial charge < -0.3 is 11.1 Å². The molecule has 5 heteroatoms. The lowest BCUT2D eigenvalue weighted by Crippen LogP contribution is -2.32. The number of pyridine rings is 1. The minimum atomic E-state index is -0.300. The quantitative estimate of drug-likeness (QED) is 0.603. The second-order valence-electron chi connectivity index (χ2n) is 8.61. The van der Waals surface area contributed by atoms with Crippen molar-refractivity contribution in [3.05, 3.63) is 99.7 Å². The van der Waals surface area contributed by atoms with Crippen molar-refractivity contribution >= 4 is 17.3 Å². The number of hydrogen-bond acceptors (Lipinski definition) is 4.